The Hall–Kier alpha value is -0.110. The molecule has 0 saturated heterocycles. The van der Waals surface area contributed by atoms with Gasteiger partial charge in [0.25, 0.3) is 0 Å². The molecule has 0 atom stereocenters. The monoisotopic (exact) mass is 421 g/mol. The van der Waals surface area contributed by atoms with Crippen LogP contribution in [0.1, 0.15) is 92.8 Å². The van der Waals surface area contributed by atoms with E-state index >= 15 is 0 Å². The standard InChI is InChI=1S/C22H37Cl2N.ClH/c1-6-9-11-13-14-18-19(15-12-10-7-2)21(22(23)24)17(8-3)16-20(18)25(4)5;/h16,22H,6-15H2,1-5H3;1H. The SMILES string of the molecule is CCCCCCc1c(N(C)C)cc(CC)c(C(Cl)Cl)c1CCCCC.Cl. The molecule has 0 amide bonds. The molecule has 26 heavy (non-hydrogen) atoms. The predicted octanol–water partition coefficient (Wildman–Crippen LogP) is 8.07. The molecule has 1 rings (SSSR count). The first-order valence-electron chi connectivity index (χ1n) is 10.1. The van der Waals surface area contributed by atoms with Gasteiger partial charge >= 0.3 is 0 Å². The van der Waals surface area contributed by atoms with Crippen molar-refractivity contribution in [2.45, 2.75) is 89.8 Å². The number of hydrogen-bond acceptors (Lipinski definition) is 1. The number of alkyl halides is 2. The van der Waals surface area contributed by atoms with Gasteiger partial charge in [-0.25, -0.2) is 0 Å². The number of nitrogens with zero attached hydrogens (tertiary/aromatic N) is 1. The molecule has 0 spiro atoms. The summed E-state index contributed by atoms with van der Waals surface area (Å²) in [7, 11) is 4.30. The molecule has 1 aromatic rings. The van der Waals surface area contributed by atoms with E-state index in [4.69, 9.17) is 23.2 Å². The molecule has 0 aliphatic carbocycles. The third-order valence-corrected chi connectivity index (χ3v) is 5.48. The van der Waals surface area contributed by atoms with Crippen molar-refractivity contribution < 1.29 is 0 Å². The van der Waals surface area contributed by atoms with Crippen LogP contribution in [0.5, 0.6) is 0 Å². The summed E-state index contributed by atoms with van der Waals surface area (Å²) < 4.78 is 0. The quantitative estimate of drug-likeness (QED) is 0.243. The Bertz CT molecular complexity index is 513. The van der Waals surface area contributed by atoms with Gasteiger partial charge in [0.1, 0.15) is 4.84 Å². The van der Waals surface area contributed by atoms with Gasteiger partial charge in [0.2, 0.25) is 0 Å². The van der Waals surface area contributed by atoms with Gasteiger partial charge in [-0.3, -0.25) is 0 Å². The zero-order chi connectivity index (χ0) is 18.8. The zero-order valence-corrected chi connectivity index (χ0v) is 19.7. The van der Waals surface area contributed by atoms with E-state index in [1.165, 1.54) is 72.9 Å². The molecular formula is C22H38Cl3N. The zero-order valence-electron chi connectivity index (χ0n) is 17.3. The Labute approximate surface area is 178 Å². The summed E-state index contributed by atoms with van der Waals surface area (Å²) in [6.45, 7) is 6.72. The Morgan fingerprint density at radius 1 is 0.846 bits per heavy atom. The molecule has 152 valence electrons. The van der Waals surface area contributed by atoms with Crippen LogP contribution in [0, 0.1) is 0 Å². The van der Waals surface area contributed by atoms with Gasteiger partial charge in [0, 0.05) is 19.8 Å². The van der Waals surface area contributed by atoms with Crippen molar-refractivity contribution in [3.63, 3.8) is 0 Å². The molecule has 0 heterocycles. The number of halogens is 3. The van der Waals surface area contributed by atoms with Gasteiger partial charge in [0.05, 0.1) is 0 Å². The van der Waals surface area contributed by atoms with Gasteiger partial charge in [-0.2, -0.15) is 0 Å². The van der Waals surface area contributed by atoms with Gasteiger partial charge in [-0.05, 0) is 60.4 Å². The van der Waals surface area contributed by atoms with Crippen LogP contribution in [-0.4, -0.2) is 14.1 Å². The summed E-state index contributed by atoms with van der Waals surface area (Å²) in [5.74, 6) is 0. The van der Waals surface area contributed by atoms with Gasteiger partial charge in [-0.15, -0.1) is 35.6 Å². The molecule has 1 aromatic carbocycles. The summed E-state index contributed by atoms with van der Waals surface area (Å²) in [6, 6.07) is 2.32. The van der Waals surface area contributed by atoms with Crippen molar-refractivity contribution in [3.8, 4) is 0 Å². The number of anilines is 1. The largest absolute Gasteiger partial charge is 0.377 e. The Balaban J connectivity index is 0.00000625. The van der Waals surface area contributed by atoms with Gasteiger partial charge in [-0.1, -0.05) is 52.9 Å². The normalized spacial score (nSPS) is 10.9. The summed E-state index contributed by atoms with van der Waals surface area (Å²) in [6.07, 6.45) is 12.0. The Kier molecular flexibility index (Phi) is 13.9. The fraction of sp³-hybridized carbons (Fsp3) is 0.727. The van der Waals surface area contributed by atoms with Crippen molar-refractivity contribution in [2.75, 3.05) is 19.0 Å². The van der Waals surface area contributed by atoms with E-state index in [1.807, 2.05) is 0 Å². The first-order chi connectivity index (χ1) is 12.0. The maximum absolute atomic E-state index is 6.44. The minimum atomic E-state index is -0.433. The minimum absolute atomic E-state index is 0. The summed E-state index contributed by atoms with van der Waals surface area (Å²) in [4.78, 5) is 1.83. The summed E-state index contributed by atoms with van der Waals surface area (Å²) in [5, 5.41) is 0. The van der Waals surface area contributed by atoms with E-state index in [0.717, 1.165) is 19.3 Å². The van der Waals surface area contributed by atoms with E-state index in [0.29, 0.717) is 0 Å². The predicted molar refractivity (Wildman–Crippen MR) is 123 cm³/mol. The highest BCUT2D eigenvalue weighted by Gasteiger charge is 2.21. The van der Waals surface area contributed by atoms with Gasteiger partial charge in [0.15, 0.2) is 0 Å². The van der Waals surface area contributed by atoms with Crippen molar-refractivity contribution >= 4 is 41.3 Å². The van der Waals surface area contributed by atoms with E-state index in [9.17, 15) is 0 Å². The second kappa shape index (κ2) is 14.0. The first-order valence-corrected chi connectivity index (χ1v) is 11.0. The van der Waals surface area contributed by atoms with Crippen molar-refractivity contribution in [1.82, 2.24) is 0 Å². The lowest BCUT2D eigenvalue weighted by Gasteiger charge is -2.26. The Morgan fingerprint density at radius 2 is 1.38 bits per heavy atom. The Morgan fingerprint density at radius 3 is 1.88 bits per heavy atom. The van der Waals surface area contributed by atoms with Crippen molar-refractivity contribution in [1.29, 1.82) is 0 Å². The van der Waals surface area contributed by atoms with Crippen LogP contribution in [0.3, 0.4) is 0 Å². The number of aryl methyl sites for hydroxylation is 1. The van der Waals surface area contributed by atoms with Crippen LogP contribution in [0.4, 0.5) is 5.69 Å². The topological polar surface area (TPSA) is 3.24 Å². The van der Waals surface area contributed by atoms with Crippen LogP contribution in [0.15, 0.2) is 6.07 Å². The molecule has 0 saturated carbocycles. The lowest BCUT2D eigenvalue weighted by molar-refractivity contribution is 0.658. The maximum atomic E-state index is 6.44. The number of benzene rings is 1. The van der Waals surface area contributed by atoms with E-state index in [-0.39, 0.29) is 12.4 Å². The molecule has 0 aromatic heterocycles. The molecule has 4 heteroatoms. The second-order valence-electron chi connectivity index (χ2n) is 7.24. The van der Waals surface area contributed by atoms with Crippen LogP contribution in [0.25, 0.3) is 0 Å². The summed E-state index contributed by atoms with van der Waals surface area (Å²) in [5.41, 5.74) is 6.77. The molecule has 0 fully saturated rings. The second-order valence-corrected chi connectivity index (χ2v) is 8.34. The lowest BCUT2D eigenvalue weighted by Crippen LogP contribution is -2.16. The van der Waals surface area contributed by atoms with Crippen molar-refractivity contribution in [2.24, 2.45) is 0 Å². The average molecular weight is 423 g/mol. The maximum Gasteiger partial charge on any atom is 0.133 e. The number of unbranched alkanes of at least 4 members (excludes halogenated alkanes) is 5. The number of hydrogen-bond donors (Lipinski definition) is 0. The van der Waals surface area contributed by atoms with E-state index in [1.54, 1.807) is 0 Å². The molecule has 0 aliphatic heterocycles. The molecule has 0 radical (unpaired) electrons. The van der Waals surface area contributed by atoms with Crippen molar-refractivity contribution in [3.05, 3.63) is 28.3 Å². The smallest absolute Gasteiger partial charge is 0.133 e. The average Bonchev–Trinajstić information content (AvgIpc) is 2.58. The van der Waals surface area contributed by atoms with Crippen LogP contribution < -0.4 is 4.90 Å². The third-order valence-electron chi connectivity index (χ3n) is 5.05. The van der Waals surface area contributed by atoms with Gasteiger partial charge < -0.3 is 4.90 Å². The summed E-state index contributed by atoms with van der Waals surface area (Å²) >= 11 is 12.9. The third kappa shape index (κ3) is 7.49. The number of rotatable bonds is 12. The molecule has 0 unspecified atom stereocenters. The molecule has 0 N–H and O–H groups in total. The highest BCUT2D eigenvalue weighted by molar-refractivity contribution is 6.44. The lowest BCUT2D eigenvalue weighted by atomic mass is 9.87. The molecular weight excluding hydrogens is 385 g/mol. The fourth-order valence-corrected chi connectivity index (χ4v) is 4.19. The molecule has 0 bridgehead atoms. The molecule has 0 aliphatic rings. The van der Waals surface area contributed by atoms with Crippen LogP contribution in [-0.2, 0) is 19.3 Å². The van der Waals surface area contributed by atoms with E-state index in [2.05, 4.69) is 45.8 Å². The fourth-order valence-electron chi connectivity index (χ4n) is 3.65. The molecule has 1 nitrogen and oxygen atoms in total. The van der Waals surface area contributed by atoms with Crippen LogP contribution >= 0.6 is 35.6 Å². The first kappa shape index (κ1) is 25.9. The highest BCUT2D eigenvalue weighted by Crippen LogP contribution is 2.39. The van der Waals surface area contributed by atoms with Crippen LogP contribution in [0.2, 0.25) is 0 Å². The highest BCUT2D eigenvalue weighted by atomic mass is 35.5. The van der Waals surface area contributed by atoms with E-state index < -0.39 is 4.84 Å². The minimum Gasteiger partial charge on any atom is -0.377 e.